The highest BCUT2D eigenvalue weighted by Crippen LogP contribution is 2.21. The minimum absolute atomic E-state index is 0.0316. The molecular weight excluding hydrogens is 251 g/mol. The maximum Gasteiger partial charge on any atom is 0.411 e. The number of carbonyl (C=O) groups is 2. The third-order valence-corrected chi connectivity index (χ3v) is 2.71. The summed E-state index contributed by atoms with van der Waals surface area (Å²) in [4.78, 5) is 24.1. The summed E-state index contributed by atoms with van der Waals surface area (Å²) in [5.41, 5.74) is 0. The van der Waals surface area contributed by atoms with Crippen molar-refractivity contribution in [2.45, 2.75) is 38.4 Å². The molecule has 1 rings (SSSR count). The van der Waals surface area contributed by atoms with E-state index in [0.717, 1.165) is 6.42 Å². The van der Waals surface area contributed by atoms with Gasteiger partial charge in [0.25, 0.3) is 0 Å². The molecule has 0 radical (unpaired) electrons. The van der Waals surface area contributed by atoms with Crippen LogP contribution in [0.5, 0.6) is 0 Å². The summed E-state index contributed by atoms with van der Waals surface area (Å²) in [6.45, 7) is -0.106. The fourth-order valence-corrected chi connectivity index (χ4v) is 2.05. The first-order chi connectivity index (χ1) is 8.29. The number of ether oxygens (including phenoxy) is 1. The number of Topliss-reactive ketones (excluding diaryl/α,β-unsaturated/α-hetero) is 1. The van der Waals surface area contributed by atoms with Gasteiger partial charge in [-0.25, -0.2) is 0 Å². The summed E-state index contributed by atoms with van der Waals surface area (Å²) in [7, 11) is 0. The zero-order valence-corrected chi connectivity index (χ0v) is 10.1. The molecular formula is C11H16F3NO3. The van der Waals surface area contributed by atoms with Gasteiger partial charge in [-0.05, 0) is 19.8 Å². The highest BCUT2D eigenvalue weighted by molar-refractivity contribution is 5.80. The molecule has 0 aliphatic carbocycles. The summed E-state index contributed by atoms with van der Waals surface area (Å²) < 4.78 is 39.8. The van der Waals surface area contributed by atoms with Gasteiger partial charge in [0.15, 0.2) is 0 Å². The molecule has 0 bridgehead atoms. The Bertz CT molecular complexity index is 317. The molecule has 104 valence electrons. The predicted molar refractivity (Wildman–Crippen MR) is 56.9 cm³/mol. The molecule has 4 nitrogen and oxygen atoms in total. The summed E-state index contributed by atoms with van der Waals surface area (Å²) in [6.07, 6.45) is -2.69. The lowest BCUT2D eigenvalue weighted by Gasteiger charge is -2.24. The Labute approximate surface area is 103 Å². The van der Waals surface area contributed by atoms with E-state index in [0.29, 0.717) is 13.0 Å². The summed E-state index contributed by atoms with van der Waals surface area (Å²) in [5.74, 6) is -0.515. The molecule has 1 saturated heterocycles. The quantitative estimate of drug-likeness (QED) is 0.759. The van der Waals surface area contributed by atoms with Crippen LogP contribution in [0.3, 0.4) is 0 Å². The first-order valence-electron chi connectivity index (χ1n) is 5.73. The molecule has 0 aromatic rings. The Morgan fingerprint density at radius 3 is 2.61 bits per heavy atom. The van der Waals surface area contributed by atoms with E-state index in [4.69, 9.17) is 0 Å². The number of carbonyl (C=O) groups excluding carboxylic acids is 2. The molecule has 7 heteroatoms. The maximum absolute atomic E-state index is 11.8. The first-order valence-corrected chi connectivity index (χ1v) is 5.73. The topological polar surface area (TPSA) is 46.6 Å². The van der Waals surface area contributed by atoms with E-state index in [-0.39, 0.29) is 18.2 Å². The molecule has 1 fully saturated rings. The number of rotatable bonds is 5. The van der Waals surface area contributed by atoms with Crippen LogP contribution in [0.25, 0.3) is 0 Å². The van der Waals surface area contributed by atoms with Gasteiger partial charge in [-0.15, -0.1) is 0 Å². The molecule has 1 aliphatic heterocycles. The summed E-state index contributed by atoms with van der Waals surface area (Å²) >= 11 is 0. The number of hydrogen-bond donors (Lipinski definition) is 0. The minimum Gasteiger partial charge on any atom is -0.362 e. The van der Waals surface area contributed by atoms with Crippen molar-refractivity contribution in [1.82, 2.24) is 4.90 Å². The number of amides is 1. The Kier molecular flexibility index (Phi) is 5.13. The zero-order chi connectivity index (χ0) is 13.8. The van der Waals surface area contributed by atoms with E-state index < -0.39 is 25.3 Å². The van der Waals surface area contributed by atoms with Crippen LogP contribution in [0.1, 0.15) is 26.2 Å². The molecule has 18 heavy (non-hydrogen) atoms. The average Bonchev–Trinajstić information content (AvgIpc) is 2.62. The van der Waals surface area contributed by atoms with E-state index in [1.807, 2.05) is 0 Å². The second kappa shape index (κ2) is 6.17. The summed E-state index contributed by atoms with van der Waals surface area (Å²) in [6, 6.07) is -0.190. The average molecular weight is 267 g/mol. The van der Waals surface area contributed by atoms with Gasteiger partial charge >= 0.3 is 6.18 Å². The zero-order valence-electron chi connectivity index (χ0n) is 10.1. The van der Waals surface area contributed by atoms with Crippen molar-refractivity contribution in [3.63, 3.8) is 0 Å². The molecule has 1 atom stereocenters. The lowest BCUT2D eigenvalue weighted by Crippen LogP contribution is -2.39. The lowest BCUT2D eigenvalue weighted by molar-refractivity contribution is -0.178. The van der Waals surface area contributed by atoms with Crippen molar-refractivity contribution >= 4 is 11.7 Å². The molecule has 1 heterocycles. The fourth-order valence-electron chi connectivity index (χ4n) is 2.05. The van der Waals surface area contributed by atoms with Crippen molar-refractivity contribution < 1.29 is 27.5 Å². The van der Waals surface area contributed by atoms with E-state index in [2.05, 4.69) is 4.74 Å². The van der Waals surface area contributed by atoms with Crippen molar-refractivity contribution in [3.8, 4) is 0 Å². The molecule has 0 aromatic carbocycles. The molecule has 0 aromatic heterocycles. The number of halogens is 3. The third-order valence-electron chi connectivity index (χ3n) is 2.71. The van der Waals surface area contributed by atoms with Crippen molar-refractivity contribution in [2.24, 2.45) is 0 Å². The van der Waals surface area contributed by atoms with Gasteiger partial charge in [0.1, 0.15) is 19.0 Å². The molecule has 1 aliphatic rings. The van der Waals surface area contributed by atoms with Crippen LogP contribution in [0.15, 0.2) is 0 Å². The molecule has 0 N–H and O–H groups in total. The number of alkyl halides is 3. The first kappa shape index (κ1) is 14.9. The van der Waals surface area contributed by atoms with Crippen molar-refractivity contribution in [3.05, 3.63) is 0 Å². The van der Waals surface area contributed by atoms with Crippen LogP contribution < -0.4 is 0 Å². The van der Waals surface area contributed by atoms with Crippen LogP contribution in [0, 0.1) is 0 Å². The standard InChI is InChI=1S/C11H16F3NO3/c1-8(16)5-9-3-2-4-15(9)10(17)6-18-7-11(12,13)14/h9H,2-7H2,1H3. The van der Waals surface area contributed by atoms with Crippen LogP contribution in [-0.2, 0) is 14.3 Å². The number of ketones is 1. The fraction of sp³-hybridized carbons (Fsp3) is 0.818. The van der Waals surface area contributed by atoms with Crippen LogP contribution >= 0.6 is 0 Å². The van der Waals surface area contributed by atoms with E-state index in [9.17, 15) is 22.8 Å². The number of likely N-dealkylation sites (tertiary alicyclic amines) is 1. The number of hydrogen-bond acceptors (Lipinski definition) is 3. The van der Waals surface area contributed by atoms with Crippen LogP contribution in [0.2, 0.25) is 0 Å². The third kappa shape index (κ3) is 5.03. The SMILES string of the molecule is CC(=O)CC1CCCN1C(=O)COCC(F)(F)F. The van der Waals surface area contributed by atoms with Gasteiger partial charge in [-0.2, -0.15) is 13.2 Å². The van der Waals surface area contributed by atoms with E-state index >= 15 is 0 Å². The Morgan fingerprint density at radius 1 is 1.39 bits per heavy atom. The summed E-state index contributed by atoms with van der Waals surface area (Å²) in [5, 5.41) is 0. The Balaban J connectivity index is 2.38. The molecule has 0 saturated carbocycles. The van der Waals surface area contributed by atoms with Gasteiger partial charge in [-0.3, -0.25) is 9.59 Å². The Hall–Kier alpha value is -1.11. The van der Waals surface area contributed by atoms with Gasteiger partial charge in [0.2, 0.25) is 5.91 Å². The minimum atomic E-state index is -4.43. The normalized spacial score (nSPS) is 20.2. The second-order valence-corrected chi connectivity index (χ2v) is 4.40. The van der Waals surface area contributed by atoms with Crippen molar-refractivity contribution in [1.29, 1.82) is 0 Å². The van der Waals surface area contributed by atoms with Crippen LogP contribution in [-0.4, -0.2) is 48.6 Å². The predicted octanol–water partition coefficient (Wildman–Crippen LogP) is 1.54. The van der Waals surface area contributed by atoms with Gasteiger partial charge < -0.3 is 9.64 Å². The monoisotopic (exact) mass is 267 g/mol. The van der Waals surface area contributed by atoms with Crippen molar-refractivity contribution in [2.75, 3.05) is 19.8 Å². The van der Waals surface area contributed by atoms with E-state index in [1.54, 1.807) is 0 Å². The van der Waals surface area contributed by atoms with Crippen LogP contribution in [0.4, 0.5) is 13.2 Å². The lowest BCUT2D eigenvalue weighted by atomic mass is 10.1. The van der Waals surface area contributed by atoms with Gasteiger partial charge in [-0.1, -0.05) is 0 Å². The largest absolute Gasteiger partial charge is 0.411 e. The maximum atomic E-state index is 11.8. The highest BCUT2D eigenvalue weighted by atomic mass is 19.4. The molecule has 0 spiro atoms. The smallest absolute Gasteiger partial charge is 0.362 e. The van der Waals surface area contributed by atoms with Gasteiger partial charge in [0, 0.05) is 19.0 Å². The van der Waals surface area contributed by atoms with Gasteiger partial charge in [0.05, 0.1) is 0 Å². The molecule has 1 unspecified atom stereocenters. The van der Waals surface area contributed by atoms with E-state index in [1.165, 1.54) is 11.8 Å². The highest BCUT2D eigenvalue weighted by Gasteiger charge is 2.31. The number of nitrogens with zero attached hydrogens (tertiary/aromatic N) is 1. The molecule has 1 amide bonds. The Morgan fingerprint density at radius 2 is 2.06 bits per heavy atom. The second-order valence-electron chi connectivity index (χ2n) is 4.40.